The molecule has 2 aromatic carbocycles. The SMILES string of the molecule is CN(CCc1cccc2ccccc12)CNN. The second kappa shape index (κ2) is 5.77. The lowest BCUT2D eigenvalue weighted by atomic mass is 10.0. The van der Waals surface area contributed by atoms with Crippen LogP contribution in [0.15, 0.2) is 42.5 Å². The van der Waals surface area contributed by atoms with Crippen molar-refractivity contribution in [3.05, 3.63) is 48.0 Å². The Bertz CT molecular complexity index is 476. The Morgan fingerprint density at radius 3 is 2.71 bits per heavy atom. The van der Waals surface area contributed by atoms with Crippen LogP contribution in [0.4, 0.5) is 0 Å². The summed E-state index contributed by atoms with van der Waals surface area (Å²) < 4.78 is 0. The highest BCUT2D eigenvalue weighted by Gasteiger charge is 2.02. The van der Waals surface area contributed by atoms with Crippen molar-refractivity contribution in [3.8, 4) is 0 Å². The normalized spacial score (nSPS) is 11.2. The standard InChI is InChI=1S/C14H19N3/c1-17(11-16-15)10-9-13-7-4-6-12-5-2-3-8-14(12)13/h2-8,16H,9-11,15H2,1H3. The summed E-state index contributed by atoms with van der Waals surface area (Å²) in [6, 6.07) is 15.0. The van der Waals surface area contributed by atoms with E-state index in [0.717, 1.165) is 13.0 Å². The zero-order chi connectivity index (χ0) is 12.1. The Kier molecular flexibility index (Phi) is 4.09. The van der Waals surface area contributed by atoms with Gasteiger partial charge in [-0.1, -0.05) is 42.5 Å². The van der Waals surface area contributed by atoms with E-state index in [1.54, 1.807) is 0 Å². The third kappa shape index (κ3) is 3.03. The summed E-state index contributed by atoms with van der Waals surface area (Å²) in [7, 11) is 2.06. The number of hydrazine groups is 1. The summed E-state index contributed by atoms with van der Waals surface area (Å²) in [5.74, 6) is 5.30. The van der Waals surface area contributed by atoms with Gasteiger partial charge in [0, 0.05) is 6.54 Å². The first-order chi connectivity index (χ1) is 8.31. The number of benzene rings is 2. The predicted molar refractivity (Wildman–Crippen MR) is 72.5 cm³/mol. The molecule has 0 bridgehead atoms. The molecule has 0 atom stereocenters. The van der Waals surface area contributed by atoms with Crippen LogP contribution in [-0.2, 0) is 6.42 Å². The van der Waals surface area contributed by atoms with Crippen LogP contribution in [0.3, 0.4) is 0 Å². The van der Waals surface area contributed by atoms with Gasteiger partial charge in [0.1, 0.15) is 0 Å². The molecule has 17 heavy (non-hydrogen) atoms. The number of nitrogens with two attached hydrogens (primary N) is 1. The highest BCUT2D eigenvalue weighted by molar-refractivity contribution is 5.85. The van der Waals surface area contributed by atoms with Crippen molar-refractivity contribution in [2.75, 3.05) is 20.3 Å². The molecule has 0 amide bonds. The monoisotopic (exact) mass is 229 g/mol. The van der Waals surface area contributed by atoms with E-state index in [0.29, 0.717) is 6.67 Å². The fourth-order valence-corrected chi connectivity index (χ4v) is 2.06. The maximum Gasteiger partial charge on any atom is 0.0610 e. The van der Waals surface area contributed by atoms with Crippen LogP contribution in [-0.4, -0.2) is 25.2 Å². The van der Waals surface area contributed by atoms with Gasteiger partial charge in [-0.2, -0.15) is 0 Å². The number of fused-ring (bicyclic) bond motifs is 1. The van der Waals surface area contributed by atoms with Crippen molar-refractivity contribution < 1.29 is 0 Å². The highest BCUT2D eigenvalue weighted by Crippen LogP contribution is 2.18. The van der Waals surface area contributed by atoms with Crippen LogP contribution < -0.4 is 11.3 Å². The lowest BCUT2D eigenvalue weighted by Crippen LogP contribution is -2.36. The summed E-state index contributed by atoms with van der Waals surface area (Å²) in [6.45, 7) is 1.71. The molecular formula is C14H19N3. The third-order valence-electron chi connectivity index (χ3n) is 3.00. The smallest absolute Gasteiger partial charge is 0.0610 e. The molecule has 0 unspecified atom stereocenters. The largest absolute Gasteiger partial charge is 0.292 e. The Morgan fingerprint density at radius 2 is 1.88 bits per heavy atom. The second-order valence-corrected chi connectivity index (χ2v) is 4.33. The molecule has 0 spiro atoms. The van der Waals surface area contributed by atoms with Gasteiger partial charge in [-0.05, 0) is 29.8 Å². The molecule has 0 aromatic heterocycles. The Hall–Kier alpha value is -1.42. The summed E-state index contributed by atoms with van der Waals surface area (Å²) in [5.41, 5.74) is 4.06. The molecule has 0 heterocycles. The molecule has 0 saturated carbocycles. The third-order valence-corrected chi connectivity index (χ3v) is 3.00. The molecule has 3 N–H and O–H groups in total. The minimum atomic E-state index is 0.713. The van der Waals surface area contributed by atoms with Gasteiger partial charge in [0.25, 0.3) is 0 Å². The van der Waals surface area contributed by atoms with E-state index >= 15 is 0 Å². The lowest BCUT2D eigenvalue weighted by Gasteiger charge is -2.16. The van der Waals surface area contributed by atoms with Crippen LogP contribution in [0.1, 0.15) is 5.56 Å². The number of rotatable bonds is 5. The van der Waals surface area contributed by atoms with E-state index in [1.165, 1.54) is 16.3 Å². The molecule has 3 nitrogen and oxygen atoms in total. The predicted octanol–water partition coefficient (Wildman–Crippen LogP) is 1.73. The van der Waals surface area contributed by atoms with E-state index in [1.807, 2.05) is 0 Å². The number of likely N-dealkylation sites (N-methyl/N-ethyl adjacent to an activating group) is 1. The van der Waals surface area contributed by atoms with Gasteiger partial charge in [-0.25, -0.2) is 5.43 Å². The van der Waals surface area contributed by atoms with Gasteiger partial charge in [0.15, 0.2) is 0 Å². The molecule has 3 heteroatoms. The zero-order valence-corrected chi connectivity index (χ0v) is 10.2. The maximum atomic E-state index is 5.30. The van der Waals surface area contributed by atoms with Crippen LogP contribution in [0.25, 0.3) is 10.8 Å². The summed E-state index contributed by atoms with van der Waals surface area (Å²) in [5, 5.41) is 2.66. The van der Waals surface area contributed by atoms with E-state index < -0.39 is 0 Å². The van der Waals surface area contributed by atoms with Crippen LogP contribution in [0, 0.1) is 0 Å². The average Bonchev–Trinajstić information content (AvgIpc) is 2.36. The molecule has 2 aromatic rings. The van der Waals surface area contributed by atoms with Crippen molar-refractivity contribution in [3.63, 3.8) is 0 Å². The quantitative estimate of drug-likeness (QED) is 0.466. The zero-order valence-electron chi connectivity index (χ0n) is 10.2. The Balaban J connectivity index is 2.13. The van der Waals surface area contributed by atoms with Gasteiger partial charge in [0.2, 0.25) is 0 Å². The van der Waals surface area contributed by atoms with Gasteiger partial charge in [0.05, 0.1) is 6.67 Å². The second-order valence-electron chi connectivity index (χ2n) is 4.33. The molecule has 0 aliphatic carbocycles. The van der Waals surface area contributed by atoms with Crippen LogP contribution in [0.2, 0.25) is 0 Å². The number of hydrogen-bond acceptors (Lipinski definition) is 3. The Labute approximate surface area is 102 Å². The highest BCUT2D eigenvalue weighted by atomic mass is 15.3. The first kappa shape index (κ1) is 12.0. The molecule has 0 fully saturated rings. The van der Waals surface area contributed by atoms with Crippen molar-refractivity contribution in [2.45, 2.75) is 6.42 Å². The van der Waals surface area contributed by atoms with E-state index in [2.05, 4.69) is 59.8 Å². The van der Waals surface area contributed by atoms with Crippen LogP contribution >= 0.6 is 0 Å². The number of hydrogen-bond donors (Lipinski definition) is 2. The molecule has 0 aliphatic rings. The van der Waals surface area contributed by atoms with Gasteiger partial charge < -0.3 is 0 Å². The van der Waals surface area contributed by atoms with E-state index in [9.17, 15) is 0 Å². The Morgan fingerprint density at radius 1 is 1.12 bits per heavy atom. The van der Waals surface area contributed by atoms with Crippen molar-refractivity contribution in [2.24, 2.45) is 5.84 Å². The average molecular weight is 229 g/mol. The number of nitrogens with zero attached hydrogens (tertiary/aromatic N) is 1. The maximum absolute atomic E-state index is 5.30. The first-order valence-electron chi connectivity index (χ1n) is 5.90. The summed E-state index contributed by atoms with van der Waals surface area (Å²) in [4.78, 5) is 2.17. The molecule has 0 saturated heterocycles. The number of nitrogens with one attached hydrogen (secondary N) is 1. The first-order valence-corrected chi connectivity index (χ1v) is 5.90. The molecule has 0 aliphatic heterocycles. The lowest BCUT2D eigenvalue weighted by molar-refractivity contribution is 0.313. The van der Waals surface area contributed by atoms with Gasteiger partial charge >= 0.3 is 0 Å². The minimum absolute atomic E-state index is 0.713. The minimum Gasteiger partial charge on any atom is -0.292 e. The van der Waals surface area contributed by atoms with E-state index in [-0.39, 0.29) is 0 Å². The van der Waals surface area contributed by atoms with Gasteiger partial charge in [-0.3, -0.25) is 10.7 Å². The van der Waals surface area contributed by atoms with Gasteiger partial charge in [-0.15, -0.1) is 0 Å². The fourth-order valence-electron chi connectivity index (χ4n) is 2.06. The van der Waals surface area contributed by atoms with Crippen LogP contribution in [0.5, 0.6) is 0 Å². The van der Waals surface area contributed by atoms with Crippen molar-refractivity contribution >= 4 is 10.8 Å². The molecule has 90 valence electrons. The topological polar surface area (TPSA) is 41.3 Å². The molecular weight excluding hydrogens is 210 g/mol. The summed E-state index contributed by atoms with van der Waals surface area (Å²) >= 11 is 0. The fraction of sp³-hybridized carbons (Fsp3) is 0.286. The van der Waals surface area contributed by atoms with Crippen molar-refractivity contribution in [1.29, 1.82) is 0 Å². The molecule has 0 radical (unpaired) electrons. The molecule has 2 rings (SSSR count). The van der Waals surface area contributed by atoms with E-state index in [4.69, 9.17) is 5.84 Å². The summed E-state index contributed by atoms with van der Waals surface area (Å²) in [6.07, 6.45) is 1.04. The van der Waals surface area contributed by atoms with Crippen molar-refractivity contribution in [1.82, 2.24) is 10.3 Å².